The van der Waals surface area contributed by atoms with Gasteiger partial charge in [-0.2, -0.15) is 0 Å². The summed E-state index contributed by atoms with van der Waals surface area (Å²) in [5.74, 6) is 1.65. The number of aromatic nitrogens is 3. The van der Waals surface area contributed by atoms with Gasteiger partial charge in [0.15, 0.2) is 5.82 Å². The smallest absolute Gasteiger partial charge is 0.169 e. The fourth-order valence-electron chi connectivity index (χ4n) is 1.59. The molecule has 0 saturated heterocycles. The maximum absolute atomic E-state index is 5.75. The summed E-state index contributed by atoms with van der Waals surface area (Å²) in [7, 11) is 0. The topological polar surface area (TPSA) is 69.9 Å². The highest BCUT2D eigenvalue weighted by atomic mass is 16.3. The van der Waals surface area contributed by atoms with Crippen molar-refractivity contribution >= 4 is 5.82 Å². The van der Waals surface area contributed by atoms with Crippen LogP contribution in [0.2, 0.25) is 0 Å². The molecular weight excluding hydrogens is 192 g/mol. The second kappa shape index (κ2) is 3.76. The van der Waals surface area contributed by atoms with Gasteiger partial charge in [0, 0.05) is 0 Å². The summed E-state index contributed by atoms with van der Waals surface area (Å²) in [6.07, 6.45) is 1.64. The van der Waals surface area contributed by atoms with Gasteiger partial charge in [0.05, 0.1) is 12.0 Å². The van der Waals surface area contributed by atoms with Crippen molar-refractivity contribution in [1.29, 1.82) is 0 Å². The van der Waals surface area contributed by atoms with Crippen LogP contribution in [0.15, 0.2) is 22.8 Å². The van der Waals surface area contributed by atoms with Crippen molar-refractivity contribution in [2.45, 2.75) is 26.3 Å². The SMILES string of the molecule is CC(C)c1c(N)nnn1Cc1ccco1. The Labute approximate surface area is 87.9 Å². The maximum atomic E-state index is 5.75. The number of nitrogen functional groups attached to an aromatic ring is 1. The molecule has 80 valence electrons. The lowest BCUT2D eigenvalue weighted by Crippen LogP contribution is -2.08. The predicted molar refractivity (Wildman–Crippen MR) is 56.3 cm³/mol. The molecule has 0 spiro atoms. The Bertz CT molecular complexity index is 430. The molecule has 2 aromatic rings. The third-order valence-corrected chi connectivity index (χ3v) is 2.23. The zero-order valence-corrected chi connectivity index (χ0v) is 8.84. The highest BCUT2D eigenvalue weighted by molar-refractivity contribution is 5.35. The Morgan fingerprint density at radius 1 is 1.53 bits per heavy atom. The Balaban J connectivity index is 2.29. The number of anilines is 1. The molecule has 0 saturated carbocycles. The van der Waals surface area contributed by atoms with Crippen LogP contribution in [0.5, 0.6) is 0 Å². The summed E-state index contributed by atoms with van der Waals surface area (Å²) in [5.41, 5.74) is 6.70. The first kappa shape index (κ1) is 9.76. The van der Waals surface area contributed by atoms with Gasteiger partial charge in [0.25, 0.3) is 0 Å². The van der Waals surface area contributed by atoms with Crippen LogP contribution in [0.4, 0.5) is 5.82 Å². The second-order valence-corrected chi connectivity index (χ2v) is 3.75. The minimum atomic E-state index is 0.301. The van der Waals surface area contributed by atoms with Crippen molar-refractivity contribution in [2.75, 3.05) is 5.73 Å². The van der Waals surface area contributed by atoms with Gasteiger partial charge in [-0.15, -0.1) is 5.10 Å². The highest BCUT2D eigenvalue weighted by Gasteiger charge is 2.14. The average molecular weight is 206 g/mol. The van der Waals surface area contributed by atoms with E-state index in [1.54, 1.807) is 10.9 Å². The van der Waals surface area contributed by atoms with Gasteiger partial charge in [-0.1, -0.05) is 19.1 Å². The molecule has 0 fully saturated rings. The molecule has 0 aliphatic rings. The van der Waals surface area contributed by atoms with Gasteiger partial charge < -0.3 is 10.2 Å². The number of hydrogen-bond acceptors (Lipinski definition) is 4. The summed E-state index contributed by atoms with van der Waals surface area (Å²) in [5, 5.41) is 7.86. The fourth-order valence-corrected chi connectivity index (χ4v) is 1.59. The molecule has 0 unspecified atom stereocenters. The summed E-state index contributed by atoms with van der Waals surface area (Å²) < 4.78 is 7.03. The van der Waals surface area contributed by atoms with Crippen LogP contribution >= 0.6 is 0 Å². The van der Waals surface area contributed by atoms with E-state index in [0.717, 1.165) is 11.5 Å². The molecule has 2 heterocycles. The molecule has 2 aromatic heterocycles. The summed E-state index contributed by atoms with van der Waals surface area (Å²) in [6, 6.07) is 3.76. The van der Waals surface area contributed by atoms with Gasteiger partial charge >= 0.3 is 0 Å². The summed E-state index contributed by atoms with van der Waals surface area (Å²) in [4.78, 5) is 0. The van der Waals surface area contributed by atoms with E-state index in [-0.39, 0.29) is 0 Å². The third-order valence-electron chi connectivity index (χ3n) is 2.23. The number of nitrogens with zero attached hydrogens (tertiary/aromatic N) is 3. The molecular formula is C10H14N4O. The van der Waals surface area contributed by atoms with Gasteiger partial charge in [-0.05, 0) is 18.1 Å². The second-order valence-electron chi connectivity index (χ2n) is 3.75. The third kappa shape index (κ3) is 1.86. The van der Waals surface area contributed by atoms with E-state index in [1.807, 2.05) is 12.1 Å². The number of rotatable bonds is 3. The number of furan rings is 1. The van der Waals surface area contributed by atoms with Crippen molar-refractivity contribution in [3.63, 3.8) is 0 Å². The van der Waals surface area contributed by atoms with Crippen molar-refractivity contribution in [3.05, 3.63) is 29.9 Å². The van der Waals surface area contributed by atoms with Crippen LogP contribution < -0.4 is 5.73 Å². The molecule has 15 heavy (non-hydrogen) atoms. The fraction of sp³-hybridized carbons (Fsp3) is 0.400. The normalized spacial score (nSPS) is 11.1. The molecule has 0 aromatic carbocycles. The molecule has 0 atom stereocenters. The Morgan fingerprint density at radius 2 is 2.33 bits per heavy atom. The Hall–Kier alpha value is -1.78. The minimum absolute atomic E-state index is 0.301. The van der Waals surface area contributed by atoms with Gasteiger partial charge in [0.1, 0.15) is 12.3 Å². The minimum Gasteiger partial charge on any atom is -0.467 e. The molecule has 5 heteroatoms. The van der Waals surface area contributed by atoms with Crippen LogP contribution in [0, 0.1) is 0 Å². The van der Waals surface area contributed by atoms with Crippen molar-refractivity contribution in [3.8, 4) is 0 Å². The van der Waals surface area contributed by atoms with E-state index in [1.165, 1.54) is 0 Å². The molecule has 0 aliphatic heterocycles. The van der Waals surface area contributed by atoms with Gasteiger partial charge in [-0.3, -0.25) is 0 Å². The van der Waals surface area contributed by atoms with E-state index < -0.39 is 0 Å². The van der Waals surface area contributed by atoms with E-state index >= 15 is 0 Å². The molecule has 2 rings (SSSR count). The van der Waals surface area contributed by atoms with Gasteiger partial charge in [0.2, 0.25) is 0 Å². The summed E-state index contributed by atoms with van der Waals surface area (Å²) in [6.45, 7) is 4.70. The number of nitrogens with two attached hydrogens (primary N) is 1. The van der Waals surface area contributed by atoms with E-state index in [9.17, 15) is 0 Å². The lowest BCUT2D eigenvalue weighted by molar-refractivity contribution is 0.466. The van der Waals surface area contributed by atoms with Gasteiger partial charge in [-0.25, -0.2) is 4.68 Å². The Kier molecular flexibility index (Phi) is 2.45. The monoisotopic (exact) mass is 206 g/mol. The molecule has 0 amide bonds. The van der Waals surface area contributed by atoms with Crippen LogP contribution in [-0.4, -0.2) is 15.0 Å². The van der Waals surface area contributed by atoms with E-state index in [4.69, 9.17) is 10.2 Å². The first-order valence-corrected chi connectivity index (χ1v) is 4.89. The van der Waals surface area contributed by atoms with Crippen LogP contribution in [0.3, 0.4) is 0 Å². The zero-order valence-electron chi connectivity index (χ0n) is 8.84. The van der Waals surface area contributed by atoms with E-state index in [0.29, 0.717) is 18.3 Å². The standard InChI is InChI=1S/C10H14N4O/c1-7(2)9-10(11)12-13-14(9)6-8-4-3-5-15-8/h3-5,7H,6,11H2,1-2H3. The lowest BCUT2D eigenvalue weighted by Gasteiger charge is -2.07. The van der Waals surface area contributed by atoms with E-state index in [2.05, 4.69) is 24.2 Å². The maximum Gasteiger partial charge on any atom is 0.169 e. The quantitative estimate of drug-likeness (QED) is 0.828. The molecule has 5 nitrogen and oxygen atoms in total. The Morgan fingerprint density at radius 3 is 2.93 bits per heavy atom. The average Bonchev–Trinajstić information content (AvgIpc) is 2.76. The number of hydrogen-bond donors (Lipinski definition) is 1. The van der Waals surface area contributed by atoms with Crippen LogP contribution in [0.1, 0.15) is 31.2 Å². The first-order valence-electron chi connectivity index (χ1n) is 4.89. The molecule has 2 N–H and O–H groups in total. The van der Waals surface area contributed by atoms with Crippen molar-refractivity contribution < 1.29 is 4.42 Å². The highest BCUT2D eigenvalue weighted by Crippen LogP contribution is 2.19. The first-order chi connectivity index (χ1) is 7.18. The van der Waals surface area contributed by atoms with Crippen LogP contribution in [0.25, 0.3) is 0 Å². The summed E-state index contributed by atoms with van der Waals surface area (Å²) >= 11 is 0. The predicted octanol–water partition coefficient (Wildman–Crippen LogP) is 1.62. The largest absolute Gasteiger partial charge is 0.467 e. The molecule has 0 bridgehead atoms. The van der Waals surface area contributed by atoms with Crippen molar-refractivity contribution in [1.82, 2.24) is 15.0 Å². The molecule has 0 radical (unpaired) electrons. The van der Waals surface area contributed by atoms with Crippen LogP contribution in [-0.2, 0) is 6.54 Å². The molecule has 0 aliphatic carbocycles. The zero-order chi connectivity index (χ0) is 10.8. The lowest BCUT2D eigenvalue weighted by atomic mass is 10.1. The van der Waals surface area contributed by atoms with Crippen molar-refractivity contribution in [2.24, 2.45) is 0 Å².